The van der Waals surface area contributed by atoms with Crippen molar-refractivity contribution >= 4 is 0 Å². The molecule has 1 heteroatoms. The predicted octanol–water partition coefficient (Wildman–Crippen LogP) is 4.57. The molecule has 0 N–H and O–H groups in total. The Morgan fingerprint density at radius 2 is 1.40 bits per heavy atom. The molecule has 1 rings (SSSR count). The average molecular weight is 215 g/mol. The van der Waals surface area contributed by atoms with Crippen LogP contribution in [0.2, 0.25) is 0 Å². The van der Waals surface area contributed by atoms with E-state index in [9.17, 15) is 0 Å². The minimum atomic E-state index is 1.04. The highest BCUT2D eigenvalue weighted by molar-refractivity contribution is 4.70. The smallest absolute Gasteiger partial charge is 0.00162 e. The molecular weight excluding hydrogens is 182 g/mol. The summed E-state index contributed by atoms with van der Waals surface area (Å²) in [6.45, 7) is 16.5. The second kappa shape index (κ2) is 14.0. The molecule has 0 unspecified atom stereocenters. The molecule has 0 aromatic heterocycles. The Kier molecular flexibility index (Phi) is 16.2. The fourth-order valence-corrected chi connectivity index (χ4v) is 2.00. The van der Waals surface area contributed by atoms with E-state index in [1.165, 1.54) is 45.3 Å². The number of piperidine rings is 1. The van der Waals surface area contributed by atoms with E-state index in [4.69, 9.17) is 0 Å². The highest BCUT2D eigenvalue weighted by Crippen LogP contribution is 2.20. The van der Waals surface area contributed by atoms with E-state index >= 15 is 0 Å². The van der Waals surface area contributed by atoms with Crippen molar-refractivity contribution in [2.45, 2.75) is 67.2 Å². The molecule has 1 saturated heterocycles. The van der Waals surface area contributed by atoms with Gasteiger partial charge in [0.1, 0.15) is 0 Å². The van der Waals surface area contributed by atoms with Crippen LogP contribution in [0.4, 0.5) is 0 Å². The van der Waals surface area contributed by atoms with E-state index in [-0.39, 0.29) is 0 Å². The number of hydrogen-bond donors (Lipinski definition) is 0. The number of hydrogen-bond acceptors (Lipinski definition) is 1. The molecule has 0 atom stereocenters. The third kappa shape index (κ3) is 8.92. The van der Waals surface area contributed by atoms with Crippen molar-refractivity contribution in [3.63, 3.8) is 0 Å². The van der Waals surface area contributed by atoms with Crippen molar-refractivity contribution in [1.82, 2.24) is 4.90 Å². The number of nitrogens with zero attached hydrogens (tertiary/aromatic N) is 1. The van der Waals surface area contributed by atoms with Gasteiger partial charge in [-0.2, -0.15) is 0 Å². The summed E-state index contributed by atoms with van der Waals surface area (Å²) in [4.78, 5) is 2.56. The molecule has 0 aliphatic carbocycles. The van der Waals surface area contributed by atoms with Crippen molar-refractivity contribution in [2.24, 2.45) is 5.92 Å². The van der Waals surface area contributed by atoms with Gasteiger partial charge in [0.15, 0.2) is 0 Å². The van der Waals surface area contributed by atoms with Crippen LogP contribution in [0.25, 0.3) is 0 Å². The van der Waals surface area contributed by atoms with Crippen molar-refractivity contribution in [1.29, 1.82) is 0 Å². The quantitative estimate of drug-likeness (QED) is 0.666. The molecule has 0 aromatic rings. The molecule has 1 aliphatic heterocycles. The summed E-state index contributed by atoms with van der Waals surface area (Å²) in [6, 6.07) is 0. The minimum absolute atomic E-state index is 1.04. The summed E-state index contributed by atoms with van der Waals surface area (Å²) >= 11 is 0. The molecule has 0 radical (unpaired) electrons. The summed E-state index contributed by atoms with van der Waals surface area (Å²) in [5.74, 6) is 1.04. The van der Waals surface area contributed by atoms with E-state index in [0.29, 0.717) is 0 Å². The molecule has 1 fully saturated rings. The van der Waals surface area contributed by atoms with Crippen LogP contribution in [0.15, 0.2) is 0 Å². The van der Waals surface area contributed by atoms with Crippen molar-refractivity contribution in [2.75, 3.05) is 19.6 Å². The van der Waals surface area contributed by atoms with Gasteiger partial charge in [-0.1, -0.05) is 54.4 Å². The van der Waals surface area contributed by atoms with Crippen molar-refractivity contribution in [3.05, 3.63) is 0 Å². The first-order chi connectivity index (χ1) is 7.36. The Morgan fingerprint density at radius 3 is 1.73 bits per heavy atom. The predicted molar refractivity (Wildman–Crippen MR) is 72.4 cm³/mol. The summed E-state index contributed by atoms with van der Waals surface area (Å²) < 4.78 is 0. The lowest BCUT2D eigenvalue weighted by Crippen LogP contribution is -2.33. The first kappa shape index (κ1) is 17.4. The maximum absolute atomic E-state index is 2.56. The highest BCUT2D eigenvalue weighted by atomic mass is 15.1. The standard InChI is InChI=1S/C10H21N.2C2H6/c1-3-5-10-6-8-11(4-2)9-7-10;2*1-2/h10H,3-9H2,1-2H3;2*1-2H3. The van der Waals surface area contributed by atoms with Gasteiger partial charge in [-0.05, 0) is 38.4 Å². The Morgan fingerprint density at radius 1 is 0.933 bits per heavy atom. The summed E-state index contributed by atoms with van der Waals surface area (Å²) in [6.07, 6.45) is 5.72. The first-order valence-electron chi connectivity index (χ1n) is 7.09. The van der Waals surface area contributed by atoms with Crippen LogP contribution in [0.3, 0.4) is 0 Å². The maximum atomic E-state index is 2.56. The molecule has 1 aliphatic rings. The van der Waals surface area contributed by atoms with Gasteiger partial charge >= 0.3 is 0 Å². The monoisotopic (exact) mass is 215 g/mol. The van der Waals surface area contributed by atoms with Gasteiger partial charge in [0, 0.05) is 0 Å². The zero-order valence-corrected chi connectivity index (χ0v) is 12.0. The van der Waals surface area contributed by atoms with E-state index < -0.39 is 0 Å². The molecule has 94 valence electrons. The third-order valence-corrected chi connectivity index (χ3v) is 2.85. The zero-order chi connectivity index (χ0) is 12.1. The summed E-state index contributed by atoms with van der Waals surface area (Å²) in [5, 5.41) is 0. The lowest BCUT2D eigenvalue weighted by atomic mass is 9.93. The van der Waals surface area contributed by atoms with Crippen molar-refractivity contribution < 1.29 is 0 Å². The van der Waals surface area contributed by atoms with Crippen LogP contribution in [-0.4, -0.2) is 24.5 Å². The van der Waals surface area contributed by atoms with Crippen LogP contribution in [-0.2, 0) is 0 Å². The topological polar surface area (TPSA) is 3.24 Å². The zero-order valence-electron chi connectivity index (χ0n) is 12.0. The minimum Gasteiger partial charge on any atom is -0.304 e. The Balaban J connectivity index is 0. The van der Waals surface area contributed by atoms with E-state index in [0.717, 1.165) is 5.92 Å². The Hall–Kier alpha value is -0.0400. The van der Waals surface area contributed by atoms with Crippen molar-refractivity contribution in [3.8, 4) is 0 Å². The van der Waals surface area contributed by atoms with Gasteiger partial charge < -0.3 is 4.90 Å². The number of likely N-dealkylation sites (tertiary alicyclic amines) is 1. The van der Waals surface area contributed by atoms with Crippen LogP contribution in [0.5, 0.6) is 0 Å². The Labute approximate surface area is 98.2 Å². The van der Waals surface area contributed by atoms with E-state index in [1.54, 1.807) is 0 Å². The van der Waals surface area contributed by atoms with E-state index in [2.05, 4.69) is 18.7 Å². The van der Waals surface area contributed by atoms with E-state index in [1.807, 2.05) is 27.7 Å². The second-order valence-electron chi connectivity index (χ2n) is 3.67. The molecular formula is C14H33N. The largest absolute Gasteiger partial charge is 0.304 e. The average Bonchev–Trinajstić information content (AvgIpc) is 2.36. The SMILES string of the molecule is CC.CC.CCCC1CCN(CC)CC1. The molecule has 0 saturated carbocycles. The van der Waals surface area contributed by atoms with Crippen LogP contribution < -0.4 is 0 Å². The number of rotatable bonds is 3. The van der Waals surface area contributed by atoms with Gasteiger partial charge in [0.2, 0.25) is 0 Å². The summed E-state index contributed by atoms with van der Waals surface area (Å²) in [5.41, 5.74) is 0. The lowest BCUT2D eigenvalue weighted by molar-refractivity contribution is 0.186. The molecule has 1 heterocycles. The highest BCUT2D eigenvalue weighted by Gasteiger charge is 2.16. The van der Waals surface area contributed by atoms with Gasteiger partial charge in [-0.3, -0.25) is 0 Å². The molecule has 0 bridgehead atoms. The van der Waals surface area contributed by atoms with Crippen LogP contribution in [0.1, 0.15) is 67.2 Å². The fourth-order valence-electron chi connectivity index (χ4n) is 2.00. The second-order valence-corrected chi connectivity index (χ2v) is 3.67. The van der Waals surface area contributed by atoms with Gasteiger partial charge in [-0.25, -0.2) is 0 Å². The lowest BCUT2D eigenvalue weighted by Gasteiger charge is -2.30. The first-order valence-corrected chi connectivity index (χ1v) is 7.09. The van der Waals surface area contributed by atoms with Gasteiger partial charge in [0.25, 0.3) is 0 Å². The molecule has 0 amide bonds. The van der Waals surface area contributed by atoms with Gasteiger partial charge in [-0.15, -0.1) is 0 Å². The molecule has 0 aromatic carbocycles. The van der Waals surface area contributed by atoms with Crippen LogP contribution >= 0.6 is 0 Å². The molecule has 1 nitrogen and oxygen atoms in total. The maximum Gasteiger partial charge on any atom is -0.00162 e. The molecule has 15 heavy (non-hydrogen) atoms. The third-order valence-electron chi connectivity index (χ3n) is 2.85. The van der Waals surface area contributed by atoms with Crippen LogP contribution in [0, 0.1) is 5.92 Å². The van der Waals surface area contributed by atoms with Gasteiger partial charge in [0.05, 0.1) is 0 Å². The summed E-state index contributed by atoms with van der Waals surface area (Å²) in [7, 11) is 0. The Bertz CT molecular complexity index is 93.5. The normalized spacial score (nSPS) is 17.2. The molecule has 0 spiro atoms. The fraction of sp³-hybridized carbons (Fsp3) is 1.00.